The topological polar surface area (TPSA) is 21.3 Å². The van der Waals surface area contributed by atoms with E-state index in [-0.39, 0.29) is 0 Å². The van der Waals surface area contributed by atoms with Crippen LogP contribution in [0.3, 0.4) is 0 Å². The molecule has 1 N–H and O–H groups in total. The fourth-order valence-electron chi connectivity index (χ4n) is 2.63. The Morgan fingerprint density at radius 1 is 1.32 bits per heavy atom. The smallest absolute Gasteiger partial charge is 0.119 e. The first-order valence-electron chi connectivity index (χ1n) is 7.53. The quantitative estimate of drug-likeness (QED) is 0.807. The molecule has 1 aliphatic carbocycles. The largest absolute Gasteiger partial charge is 0.494 e. The highest BCUT2D eigenvalue weighted by atomic mass is 16.5. The Morgan fingerprint density at radius 2 is 2.00 bits per heavy atom. The summed E-state index contributed by atoms with van der Waals surface area (Å²) in [6.45, 7) is 10.9. The molecule has 0 spiro atoms. The average Bonchev–Trinajstić information content (AvgIpc) is 3.07. The number of nitrogens with one attached hydrogen (secondary N) is 1. The summed E-state index contributed by atoms with van der Waals surface area (Å²) in [6, 6.07) is 9.28. The number of hydrogen-bond donors (Lipinski definition) is 1. The van der Waals surface area contributed by atoms with Crippen LogP contribution >= 0.6 is 0 Å². The summed E-state index contributed by atoms with van der Waals surface area (Å²) in [5, 5.41) is 3.55. The van der Waals surface area contributed by atoms with Crippen LogP contribution in [0.5, 0.6) is 5.75 Å². The van der Waals surface area contributed by atoms with Crippen molar-refractivity contribution >= 4 is 0 Å². The molecule has 0 amide bonds. The standard InChI is InChI=1S/C17H27NO/c1-5-10-19-16-8-6-14(7-9-16)17(4)11-15(17)12-18-13(2)3/h6-9,13,15,18H,5,10-12H2,1-4H3. The lowest BCUT2D eigenvalue weighted by molar-refractivity contribution is 0.317. The minimum absolute atomic E-state index is 0.366. The van der Waals surface area contributed by atoms with E-state index in [0.717, 1.165) is 31.2 Å². The SMILES string of the molecule is CCCOc1ccc(C2(C)CC2CNC(C)C)cc1. The molecule has 1 aliphatic rings. The molecule has 2 rings (SSSR count). The first kappa shape index (κ1) is 14.4. The highest BCUT2D eigenvalue weighted by molar-refractivity contribution is 5.37. The predicted octanol–water partition coefficient (Wildman–Crippen LogP) is 3.75. The number of benzene rings is 1. The van der Waals surface area contributed by atoms with Crippen LogP contribution in [-0.2, 0) is 5.41 Å². The third kappa shape index (κ3) is 3.50. The molecular formula is C17H27NO. The van der Waals surface area contributed by atoms with Crippen molar-refractivity contribution in [1.29, 1.82) is 0 Å². The van der Waals surface area contributed by atoms with E-state index in [0.29, 0.717) is 11.5 Å². The maximum atomic E-state index is 5.64. The number of ether oxygens (including phenoxy) is 1. The second-order valence-corrected chi connectivity index (χ2v) is 6.25. The zero-order chi connectivity index (χ0) is 13.9. The van der Waals surface area contributed by atoms with Crippen molar-refractivity contribution in [3.05, 3.63) is 29.8 Å². The second kappa shape index (κ2) is 5.96. The average molecular weight is 261 g/mol. The molecule has 0 aromatic heterocycles. The predicted molar refractivity (Wildman–Crippen MR) is 80.8 cm³/mol. The van der Waals surface area contributed by atoms with E-state index in [1.165, 1.54) is 12.0 Å². The van der Waals surface area contributed by atoms with Crippen LogP contribution in [0.2, 0.25) is 0 Å². The van der Waals surface area contributed by atoms with Crippen molar-refractivity contribution in [1.82, 2.24) is 5.32 Å². The molecule has 106 valence electrons. The van der Waals surface area contributed by atoms with Crippen molar-refractivity contribution in [3.63, 3.8) is 0 Å². The zero-order valence-electron chi connectivity index (χ0n) is 12.7. The molecule has 1 fully saturated rings. The Morgan fingerprint density at radius 3 is 2.58 bits per heavy atom. The number of rotatable bonds is 7. The van der Waals surface area contributed by atoms with Gasteiger partial charge in [0, 0.05) is 6.04 Å². The van der Waals surface area contributed by atoms with Crippen molar-refractivity contribution in [2.24, 2.45) is 5.92 Å². The van der Waals surface area contributed by atoms with Crippen LogP contribution in [0, 0.1) is 5.92 Å². The lowest BCUT2D eigenvalue weighted by Crippen LogP contribution is -2.26. The summed E-state index contributed by atoms with van der Waals surface area (Å²) in [7, 11) is 0. The Bertz CT molecular complexity index is 398. The highest BCUT2D eigenvalue weighted by Crippen LogP contribution is 2.53. The first-order valence-corrected chi connectivity index (χ1v) is 7.53. The van der Waals surface area contributed by atoms with Gasteiger partial charge in [-0.25, -0.2) is 0 Å². The summed E-state index contributed by atoms with van der Waals surface area (Å²) >= 11 is 0. The van der Waals surface area contributed by atoms with E-state index in [2.05, 4.69) is 57.3 Å². The van der Waals surface area contributed by atoms with Crippen molar-refractivity contribution < 1.29 is 4.74 Å². The molecule has 0 heterocycles. The molecule has 0 aliphatic heterocycles. The van der Waals surface area contributed by atoms with Crippen LogP contribution in [0.1, 0.15) is 46.1 Å². The van der Waals surface area contributed by atoms with Crippen LogP contribution in [0.25, 0.3) is 0 Å². The van der Waals surface area contributed by atoms with E-state index in [1.54, 1.807) is 0 Å². The minimum Gasteiger partial charge on any atom is -0.494 e. The van der Waals surface area contributed by atoms with Crippen molar-refractivity contribution in [2.45, 2.75) is 52.0 Å². The lowest BCUT2D eigenvalue weighted by atomic mass is 9.95. The molecule has 0 saturated heterocycles. The van der Waals surface area contributed by atoms with Gasteiger partial charge in [-0.3, -0.25) is 0 Å². The normalized spacial score (nSPS) is 25.6. The Kier molecular flexibility index (Phi) is 4.51. The van der Waals surface area contributed by atoms with E-state index < -0.39 is 0 Å². The molecule has 1 aromatic rings. The second-order valence-electron chi connectivity index (χ2n) is 6.25. The molecule has 2 nitrogen and oxygen atoms in total. The highest BCUT2D eigenvalue weighted by Gasteiger charge is 2.50. The van der Waals surface area contributed by atoms with Crippen LogP contribution in [0.15, 0.2) is 24.3 Å². The van der Waals surface area contributed by atoms with Gasteiger partial charge in [0.25, 0.3) is 0 Å². The Hall–Kier alpha value is -1.02. The van der Waals surface area contributed by atoms with Crippen molar-refractivity contribution in [2.75, 3.05) is 13.2 Å². The fourth-order valence-corrected chi connectivity index (χ4v) is 2.63. The Labute approximate surface area is 117 Å². The summed E-state index contributed by atoms with van der Waals surface area (Å²) in [5.74, 6) is 1.77. The summed E-state index contributed by atoms with van der Waals surface area (Å²) in [4.78, 5) is 0. The molecule has 2 unspecified atom stereocenters. The van der Waals surface area contributed by atoms with Gasteiger partial charge >= 0.3 is 0 Å². The third-order valence-electron chi connectivity index (χ3n) is 4.17. The summed E-state index contributed by atoms with van der Waals surface area (Å²) < 4.78 is 5.64. The van der Waals surface area contributed by atoms with Gasteiger partial charge in [0.1, 0.15) is 5.75 Å². The van der Waals surface area contributed by atoms with E-state index >= 15 is 0 Å². The van der Waals surface area contributed by atoms with Crippen molar-refractivity contribution in [3.8, 4) is 5.75 Å². The molecular weight excluding hydrogens is 234 g/mol. The van der Waals surface area contributed by atoms with E-state index in [1.807, 2.05) is 0 Å². The van der Waals surface area contributed by atoms with Crippen LogP contribution < -0.4 is 10.1 Å². The van der Waals surface area contributed by atoms with Gasteiger partial charge in [0.15, 0.2) is 0 Å². The lowest BCUT2D eigenvalue weighted by Gasteiger charge is -2.14. The third-order valence-corrected chi connectivity index (χ3v) is 4.17. The summed E-state index contributed by atoms with van der Waals surface area (Å²) in [6.07, 6.45) is 2.35. The van der Waals surface area contributed by atoms with Crippen LogP contribution in [0.4, 0.5) is 0 Å². The summed E-state index contributed by atoms with van der Waals surface area (Å²) in [5.41, 5.74) is 1.82. The van der Waals surface area contributed by atoms with Crippen LogP contribution in [-0.4, -0.2) is 19.2 Å². The van der Waals surface area contributed by atoms with Gasteiger partial charge in [0.2, 0.25) is 0 Å². The first-order chi connectivity index (χ1) is 9.06. The van der Waals surface area contributed by atoms with Gasteiger partial charge in [0.05, 0.1) is 6.61 Å². The van der Waals surface area contributed by atoms with E-state index in [4.69, 9.17) is 4.74 Å². The molecule has 1 aromatic carbocycles. The van der Waals surface area contributed by atoms with Gasteiger partial charge < -0.3 is 10.1 Å². The molecule has 2 atom stereocenters. The Balaban J connectivity index is 1.92. The molecule has 19 heavy (non-hydrogen) atoms. The molecule has 2 heteroatoms. The van der Waals surface area contributed by atoms with Gasteiger partial charge in [-0.05, 0) is 48.4 Å². The molecule has 1 saturated carbocycles. The molecule has 0 bridgehead atoms. The van der Waals surface area contributed by atoms with Gasteiger partial charge in [-0.2, -0.15) is 0 Å². The monoisotopic (exact) mass is 261 g/mol. The molecule has 0 radical (unpaired) electrons. The van der Waals surface area contributed by atoms with E-state index in [9.17, 15) is 0 Å². The maximum Gasteiger partial charge on any atom is 0.119 e. The van der Waals surface area contributed by atoms with Gasteiger partial charge in [-0.15, -0.1) is 0 Å². The minimum atomic E-state index is 0.366. The fraction of sp³-hybridized carbons (Fsp3) is 0.647. The zero-order valence-corrected chi connectivity index (χ0v) is 12.7. The maximum absolute atomic E-state index is 5.64. The van der Waals surface area contributed by atoms with Gasteiger partial charge in [-0.1, -0.05) is 39.8 Å². The number of hydrogen-bond acceptors (Lipinski definition) is 2.